The lowest BCUT2D eigenvalue weighted by atomic mass is 9.87. The van der Waals surface area contributed by atoms with Crippen LogP contribution in [0.15, 0.2) is 24.4 Å². The van der Waals surface area contributed by atoms with Gasteiger partial charge in [0, 0.05) is 12.1 Å². The van der Waals surface area contributed by atoms with Crippen LogP contribution in [-0.4, -0.2) is 10.9 Å². The molecule has 1 fully saturated rings. The summed E-state index contributed by atoms with van der Waals surface area (Å²) in [6.07, 6.45) is 7.47. The summed E-state index contributed by atoms with van der Waals surface area (Å²) in [4.78, 5) is 16.6. The molecule has 1 aliphatic rings. The molecule has 98 valence electrons. The standard InChI is InChI=1S/C15H22N2O/c1-15(2,13-10-6-7-11-16-13)17-14(18)12-8-4-3-5-9-12/h6-7,10-12H,3-5,8-9H2,1-2H3,(H,17,18). The Hall–Kier alpha value is -1.38. The van der Waals surface area contributed by atoms with Crippen molar-refractivity contribution < 1.29 is 4.79 Å². The molecule has 0 spiro atoms. The van der Waals surface area contributed by atoms with Gasteiger partial charge in [-0.3, -0.25) is 9.78 Å². The molecule has 0 atom stereocenters. The van der Waals surface area contributed by atoms with Gasteiger partial charge < -0.3 is 5.32 Å². The second kappa shape index (κ2) is 5.51. The highest BCUT2D eigenvalue weighted by Gasteiger charge is 2.28. The molecule has 0 aromatic carbocycles. The fourth-order valence-electron chi connectivity index (χ4n) is 2.57. The highest BCUT2D eigenvalue weighted by molar-refractivity contribution is 5.79. The van der Waals surface area contributed by atoms with Crippen molar-refractivity contribution in [1.82, 2.24) is 10.3 Å². The summed E-state index contributed by atoms with van der Waals surface area (Å²) in [5.74, 6) is 0.382. The number of hydrogen-bond donors (Lipinski definition) is 1. The van der Waals surface area contributed by atoms with E-state index in [0.717, 1.165) is 18.5 Å². The Morgan fingerprint density at radius 1 is 1.28 bits per heavy atom. The van der Waals surface area contributed by atoms with Crippen molar-refractivity contribution in [3.05, 3.63) is 30.1 Å². The first kappa shape index (κ1) is 13.1. The molecule has 0 bridgehead atoms. The highest BCUT2D eigenvalue weighted by Crippen LogP contribution is 2.25. The first-order valence-corrected chi connectivity index (χ1v) is 6.83. The largest absolute Gasteiger partial charge is 0.345 e. The van der Waals surface area contributed by atoms with Crippen molar-refractivity contribution in [2.75, 3.05) is 0 Å². The van der Waals surface area contributed by atoms with Gasteiger partial charge in [-0.1, -0.05) is 25.3 Å². The second-order valence-electron chi connectivity index (χ2n) is 5.66. The maximum Gasteiger partial charge on any atom is 0.223 e. The van der Waals surface area contributed by atoms with Crippen molar-refractivity contribution in [2.24, 2.45) is 5.92 Å². The summed E-state index contributed by atoms with van der Waals surface area (Å²) in [6.45, 7) is 4.02. The minimum Gasteiger partial charge on any atom is -0.345 e. The quantitative estimate of drug-likeness (QED) is 0.890. The monoisotopic (exact) mass is 246 g/mol. The number of nitrogens with one attached hydrogen (secondary N) is 1. The molecule has 1 N–H and O–H groups in total. The molecule has 0 radical (unpaired) electrons. The molecule has 1 heterocycles. The summed E-state index contributed by atoms with van der Waals surface area (Å²) in [5, 5.41) is 3.14. The number of carbonyl (C=O) groups excluding carboxylic acids is 1. The predicted octanol–water partition coefficient (Wildman–Crippen LogP) is 3.01. The number of rotatable bonds is 3. The lowest BCUT2D eigenvalue weighted by Gasteiger charge is -2.29. The van der Waals surface area contributed by atoms with E-state index in [2.05, 4.69) is 10.3 Å². The van der Waals surface area contributed by atoms with Gasteiger partial charge in [0.15, 0.2) is 0 Å². The van der Waals surface area contributed by atoms with Gasteiger partial charge in [0.1, 0.15) is 0 Å². The van der Waals surface area contributed by atoms with Gasteiger partial charge in [-0.2, -0.15) is 0 Å². The van der Waals surface area contributed by atoms with Crippen molar-refractivity contribution in [3.8, 4) is 0 Å². The van der Waals surface area contributed by atoms with E-state index in [1.165, 1.54) is 19.3 Å². The van der Waals surface area contributed by atoms with E-state index >= 15 is 0 Å². The molecule has 3 nitrogen and oxygen atoms in total. The van der Waals surface area contributed by atoms with Crippen molar-refractivity contribution in [1.29, 1.82) is 0 Å². The second-order valence-corrected chi connectivity index (χ2v) is 5.66. The lowest BCUT2D eigenvalue weighted by molar-refractivity contribution is -0.127. The third-order valence-corrected chi connectivity index (χ3v) is 3.72. The molecule has 0 saturated heterocycles. The Kier molecular flexibility index (Phi) is 4.00. The molecule has 0 aliphatic heterocycles. The molecule has 1 amide bonds. The molecule has 18 heavy (non-hydrogen) atoms. The first-order valence-electron chi connectivity index (χ1n) is 6.83. The maximum atomic E-state index is 12.2. The van der Waals surface area contributed by atoms with E-state index in [9.17, 15) is 4.79 Å². The van der Waals surface area contributed by atoms with Crippen LogP contribution < -0.4 is 5.32 Å². The Morgan fingerprint density at radius 3 is 2.61 bits per heavy atom. The van der Waals surface area contributed by atoms with Crippen molar-refractivity contribution in [2.45, 2.75) is 51.5 Å². The fraction of sp³-hybridized carbons (Fsp3) is 0.600. The highest BCUT2D eigenvalue weighted by atomic mass is 16.2. The molecular formula is C15H22N2O. The van der Waals surface area contributed by atoms with Crippen LogP contribution >= 0.6 is 0 Å². The number of pyridine rings is 1. The van der Waals surface area contributed by atoms with Gasteiger partial charge in [-0.25, -0.2) is 0 Å². The van der Waals surface area contributed by atoms with E-state index < -0.39 is 5.54 Å². The molecule has 1 aromatic heterocycles. The van der Waals surface area contributed by atoms with Crippen LogP contribution in [0.1, 0.15) is 51.6 Å². The molecule has 1 aromatic rings. The molecular weight excluding hydrogens is 224 g/mol. The minimum atomic E-state index is -0.393. The van der Waals surface area contributed by atoms with E-state index in [0.29, 0.717) is 0 Å². The average Bonchev–Trinajstić information content (AvgIpc) is 2.40. The van der Waals surface area contributed by atoms with Crippen LogP contribution in [-0.2, 0) is 10.3 Å². The third kappa shape index (κ3) is 3.09. The Labute approximate surface area is 109 Å². The van der Waals surface area contributed by atoms with Gasteiger partial charge in [0.2, 0.25) is 5.91 Å². The lowest BCUT2D eigenvalue weighted by Crippen LogP contribution is -2.44. The number of aromatic nitrogens is 1. The van der Waals surface area contributed by atoms with Gasteiger partial charge in [0.05, 0.1) is 11.2 Å². The van der Waals surface area contributed by atoms with Crippen LogP contribution in [0.25, 0.3) is 0 Å². The Bertz CT molecular complexity index is 394. The van der Waals surface area contributed by atoms with E-state index in [4.69, 9.17) is 0 Å². The van der Waals surface area contributed by atoms with Gasteiger partial charge >= 0.3 is 0 Å². The summed E-state index contributed by atoms with van der Waals surface area (Å²) < 4.78 is 0. The van der Waals surface area contributed by atoms with E-state index in [1.807, 2.05) is 32.0 Å². The number of hydrogen-bond acceptors (Lipinski definition) is 2. The van der Waals surface area contributed by atoms with E-state index in [1.54, 1.807) is 6.20 Å². The van der Waals surface area contributed by atoms with Gasteiger partial charge in [-0.15, -0.1) is 0 Å². The third-order valence-electron chi connectivity index (χ3n) is 3.72. The molecule has 0 unspecified atom stereocenters. The molecule has 2 rings (SSSR count). The molecule has 3 heteroatoms. The number of amides is 1. The van der Waals surface area contributed by atoms with Crippen LogP contribution in [0.2, 0.25) is 0 Å². The van der Waals surface area contributed by atoms with Crippen molar-refractivity contribution >= 4 is 5.91 Å². The fourth-order valence-corrected chi connectivity index (χ4v) is 2.57. The average molecular weight is 246 g/mol. The van der Waals surface area contributed by atoms with Crippen LogP contribution in [0, 0.1) is 5.92 Å². The summed E-state index contributed by atoms with van der Waals surface area (Å²) >= 11 is 0. The summed E-state index contributed by atoms with van der Waals surface area (Å²) in [6, 6.07) is 5.81. The maximum absolute atomic E-state index is 12.2. The summed E-state index contributed by atoms with van der Waals surface area (Å²) in [5.41, 5.74) is 0.518. The smallest absolute Gasteiger partial charge is 0.223 e. The van der Waals surface area contributed by atoms with Crippen LogP contribution in [0.4, 0.5) is 0 Å². The zero-order valence-corrected chi connectivity index (χ0v) is 11.3. The Balaban J connectivity index is 2.01. The van der Waals surface area contributed by atoms with Gasteiger partial charge in [-0.05, 0) is 38.8 Å². The topological polar surface area (TPSA) is 42.0 Å². The van der Waals surface area contributed by atoms with E-state index in [-0.39, 0.29) is 11.8 Å². The predicted molar refractivity (Wildman–Crippen MR) is 72.0 cm³/mol. The number of carbonyl (C=O) groups is 1. The molecule has 1 aliphatic carbocycles. The number of nitrogens with zero attached hydrogens (tertiary/aromatic N) is 1. The van der Waals surface area contributed by atoms with Crippen LogP contribution in [0.3, 0.4) is 0 Å². The Morgan fingerprint density at radius 2 is 2.00 bits per heavy atom. The summed E-state index contributed by atoms with van der Waals surface area (Å²) in [7, 11) is 0. The van der Waals surface area contributed by atoms with Crippen LogP contribution in [0.5, 0.6) is 0 Å². The normalized spacial score (nSPS) is 17.4. The minimum absolute atomic E-state index is 0.186. The first-order chi connectivity index (χ1) is 8.59. The van der Waals surface area contributed by atoms with Crippen molar-refractivity contribution in [3.63, 3.8) is 0 Å². The zero-order valence-electron chi connectivity index (χ0n) is 11.3. The zero-order chi connectivity index (χ0) is 13.0. The SMILES string of the molecule is CC(C)(NC(=O)C1CCCCC1)c1ccccn1. The van der Waals surface area contributed by atoms with Gasteiger partial charge in [0.25, 0.3) is 0 Å². The molecule has 1 saturated carbocycles.